The molecule has 3 aromatic heterocycles. The molecule has 0 saturated heterocycles. The zero-order valence-electron chi connectivity index (χ0n) is 11.6. The summed E-state index contributed by atoms with van der Waals surface area (Å²) < 4.78 is 0.518. The quantitative estimate of drug-likeness (QED) is 0.549. The van der Waals surface area contributed by atoms with E-state index in [9.17, 15) is 4.79 Å². The van der Waals surface area contributed by atoms with Crippen LogP contribution in [0.1, 0.15) is 5.69 Å². The number of hydrogen-bond donors (Lipinski definition) is 2. The molecule has 5 nitrogen and oxygen atoms in total. The van der Waals surface area contributed by atoms with Crippen molar-refractivity contribution in [2.45, 2.75) is 6.92 Å². The molecule has 108 valence electrons. The van der Waals surface area contributed by atoms with E-state index in [2.05, 4.69) is 36.1 Å². The molecule has 0 spiro atoms. The minimum Gasteiger partial charge on any atom is -0.321 e. The number of aryl methyl sites for hydroxylation is 1. The van der Waals surface area contributed by atoms with Crippen LogP contribution in [-0.2, 0) is 0 Å². The van der Waals surface area contributed by atoms with Gasteiger partial charge in [-0.2, -0.15) is 5.10 Å². The van der Waals surface area contributed by atoms with Crippen molar-refractivity contribution in [1.29, 1.82) is 0 Å². The van der Waals surface area contributed by atoms with Crippen LogP contribution >= 0.6 is 15.9 Å². The van der Waals surface area contributed by atoms with Gasteiger partial charge in [-0.3, -0.25) is 14.9 Å². The molecule has 0 unspecified atom stereocenters. The number of nitrogens with zero attached hydrogens (tertiary/aromatic N) is 2. The van der Waals surface area contributed by atoms with E-state index < -0.39 is 0 Å². The average Bonchev–Trinajstić information content (AvgIpc) is 2.89. The molecule has 4 aromatic rings. The number of hydrogen-bond acceptors (Lipinski definition) is 3. The Balaban J connectivity index is 2.04. The number of benzene rings is 1. The monoisotopic (exact) mass is 354 g/mol. The Morgan fingerprint density at radius 1 is 1.14 bits per heavy atom. The van der Waals surface area contributed by atoms with E-state index in [-0.39, 0.29) is 5.56 Å². The number of fused-ring (bicyclic) bond motifs is 2. The highest BCUT2D eigenvalue weighted by molar-refractivity contribution is 9.10. The van der Waals surface area contributed by atoms with Crippen molar-refractivity contribution >= 4 is 37.7 Å². The van der Waals surface area contributed by atoms with Crippen molar-refractivity contribution in [2.75, 3.05) is 0 Å². The summed E-state index contributed by atoms with van der Waals surface area (Å²) in [7, 11) is 0. The normalized spacial score (nSPS) is 11.4. The Morgan fingerprint density at radius 3 is 2.82 bits per heavy atom. The number of aromatic amines is 2. The van der Waals surface area contributed by atoms with E-state index in [1.165, 1.54) is 0 Å². The lowest BCUT2D eigenvalue weighted by atomic mass is 10.1. The van der Waals surface area contributed by atoms with Gasteiger partial charge in [0, 0.05) is 28.2 Å². The highest BCUT2D eigenvalue weighted by atomic mass is 79.9. The SMILES string of the molecule is Cc1cc(-c2n[nH]c3cc4[nH]c(=O)c(Br)cc4cc23)ccn1. The molecule has 0 aliphatic rings. The fourth-order valence-electron chi connectivity index (χ4n) is 2.61. The lowest BCUT2D eigenvalue weighted by Gasteiger charge is -2.02. The maximum Gasteiger partial charge on any atom is 0.262 e. The van der Waals surface area contributed by atoms with Crippen LogP contribution in [0.2, 0.25) is 0 Å². The van der Waals surface area contributed by atoms with Crippen LogP contribution in [0.5, 0.6) is 0 Å². The molecule has 0 aliphatic heterocycles. The van der Waals surface area contributed by atoms with Crippen LogP contribution in [0.25, 0.3) is 33.1 Å². The summed E-state index contributed by atoms with van der Waals surface area (Å²) in [5, 5.41) is 9.41. The van der Waals surface area contributed by atoms with Crippen molar-refractivity contribution < 1.29 is 0 Å². The Kier molecular flexibility index (Phi) is 2.87. The summed E-state index contributed by atoms with van der Waals surface area (Å²) in [6, 6.07) is 9.70. The molecule has 2 N–H and O–H groups in total. The van der Waals surface area contributed by atoms with Gasteiger partial charge in [0.2, 0.25) is 0 Å². The van der Waals surface area contributed by atoms with Gasteiger partial charge in [0.05, 0.1) is 15.5 Å². The molecule has 0 saturated carbocycles. The van der Waals surface area contributed by atoms with E-state index in [1.807, 2.05) is 37.3 Å². The number of pyridine rings is 2. The predicted octanol–water partition coefficient (Wildman–Crippen LogP) is 3.54. The molecule has 3 heterocycles. The number of aromatic nitrogens is 4. The summed E-state index contributed by atoms with van der Waals surface area (Å²) in [6.45, 7) is 1.95. The third kappa shape index (κ3) is 2.03. The Labute approximate surface area is 133 Å². The van der Waals surface area contributed by atoms with Crippen LogP contribution in [0.4, 0.5) is 0 Å². The predicted molar refractivity (Wildman–Crippen MR) is 89.9 cm³/mol. The van der Waals surface area contributed by atoms with Gasteiger partial charge >= 0.3 is 0 Å². The summed E-state index contributed by atoms with van der Waals surface area (Å²) in [4.78, 5) is 18.8. The van der Waals surface area contributed by atoms with Crippen molar-refractivity contribution in [3.05, 3.63) is 57.0 Å². The van der Waals surface area contributed by atoms with Gasteiger partial charge in [-0.15, -0.1) is 0 Å². The molecule has 0 bridgehead atoms. The van der Waals surface area contributed by atoms with Crippen molar-refractivity contribution in [3.63, 3.8) is 0 Å². The van der Waals surface area contributed by atoms with Gasteiger partial charge in [-0.1, -0.05) is 0 Å². The van der Waals surface area contributed by atoms with Crippen LogP contribution < -0.4 is 5.56 Å². The second-order valence-electron chi connectivity index (χ2n) is 5.19. The molecular weight excluding hydrogens is 344 g/mol. The summed E-state index contributed by atoms with van der Waals surface area (Å²) in [6.07, 6.45) is 1.78. The summed E-state index contributed by atoms with van der Waals surface area (Å²) >= 11 is 3.27. The van der Waals surface area contributed by atoms with Gasteiger partial charge in [-0.25, -0.2) is 0 Å². The Hall–Kier alpha value is -2.47. The highest BCUT2D eigenvalue weighted by Crippen LogP contribution is 2.29. The molecule has 1 aromatic carbocycles. The second-order valence-corrected chi connectivity index (χ2v) is 6.04. The van der Waals surface area contributed by atoms with Crippen LogP contribution in [0.15, 0.2) is 45.8 Å². The first kappa shape index (κ1) is 13.2. The third-order valence-electron chi connectivity index (χ3n) is 3.65. The van der Waals surface area contributed by atoms with Crippen molar-refractivity contribution in [1.82, 2.24) is 20.2 Å². The molecule has 0 atom stereocenters. The van der Waals surface area contributed by atoms with E-state index in [4.69, 9.17) is 0 Å². The average molecular weight is 355 g/mol. The number of halogens is 1. The molecule has 22 heavy (non-hydrogen) atoms. The van der Waals surface area contributed by atoms with Gasteiger partial charge in [0.25, 0.3) is 5.56 Å². The molecular formula is C16H11BrN4O. The molecule has 0 amide bonds. The zero-order valence-corrected chi connectivity index (χ0v) is 13.2. The topological polar surface area (TPSA) is 74.4 Å². The molecule has 0 fully saturated rings. The van der Waals surface area contributed by atoms with Gasteiger partial charge in [0.15, 0.2) is 0 Å². The maximum absolute atomic E-state index is 11.7. The van der Waals surface area contributed by atoms with E-state index >= 15 is 0 Å². The molecule has 6 heteroatoms. The van der Waals surface area contributed by atoms with Gasteiger partial charge in [0.1, 0.15) is 5.69 Å². The van der Waals surface area contributed by atoms with Gasteiger partial charge < -0.3 is 4.98 Å². The van der Waals surface area contributed by atoms with Crippen LogP contribution in [0.3, 0.4) is 0 Å². The van der Waals surface area contributed by atoms with E-state index in [1.54, 1.807) is 6.20 Å². The first-order valence-electron chi connectivity index (χ1n) is 6.75. The minimum absolute atomic E-state index is 0.142. The zero-order chi connectivity index (χ0) is 15.3. The Morgan fingerprint density at radius 2 is 2.00 bits per heavy atom. The second kappa shape index (κ2) is 4.78. The van der Waals surface area contributed by atoms with Gasteiger partial charge in [-0.05, 0) is 53.2 Å². The van der Waals surface area contributed by atoms with Crippen LogP contribution in [0, 0.1) is 6.92 Å². The summed E-state index contributed by atoms with van der Waals surface area (Å²) in [5.74, 6) is 0. The van der Waals surface area contributed by atoms with E-state index in [0.29, 0.717) is 4.47 Å². The number of nitrogens with one attached hydrogen (secondary N) is 2. The van der Waals surface area contributed by atoms with E-state index in [0.717, 1.165) is 38.8 Å². The highest BCUT2D eigenvalue weighted by Gasteiger charge is 2.11. The van der Waals surface area contributed by atoms with Crippen LogP contribution in [-0.4, -0.2) is 20.2 Å². The first-order chi connectivity index (χ1) is 10.6. The fraction of sp³-hybridized carbons (Fsp3) is 0.0625. The standard InChI is InChI=1S/C16H11BrN4O/c1-8-4-9(2-3-18-8)15-11-5-10-6-12(17)16(22)19-13(10)7-14(11)20-21-15/h2-7H,1H3,(H,19,22)(H,20,21). The molecule has 4 rings (SSSR count). The fourth-order valence-corrected chi connectivity index (χ4v) is 2.95. The van der Waals surface area contributed by atoms with Crippen molar-refractivity contribution in [2.24, 2.45) is 0 Å². The third-order valence-corrected chi connectivity index (χ3v) is 4.24. The van der Waals surface area contributed by atoms with Crippen molar-refractivity contribution in [3.8, 4) is 11.3 Å². The first-order valence-corrected chi connectivity index (χ1v) is 7.55. The smallest absolute Gasteiger partial charge is 0.262 e. The molecule has 0 aliphatic carbocycles. The number of H-pyrrole nitrogens is 2. The minimum atomic E-state index is -0.142. The Bertz CT molecular complexity index is 1080. The summed E-state index contributed by atoms with van der Waals surface area (Å²) in [5.41, 5.74) is 4.36. The lowest BCUT2D eigenvalue weighted by molar-refractivity contribution is 1.12. The number of rotatable bonds is 1. The lowest BCUT2D eigenvalue weighted by Crippen LogP contribution is -2.05. The molecule has 0 radical (unpaired) electrons. The largest absolute Gasteiger partial charge is 0.321 e. The maximum atomic E-state index is 11.7.